The summed E-state index contributed by atoms with van der Waals surface area (Å²) in [6.45, 7) is 1.87. The Morgan fingerprint density at radius 3 is 2.05 bits per heavy atom. The number of aliphatic hydroxyl groups excluding tert-OH is 1. The summed E-state index contributed by atoms with van der Waals surface area (Å²) in [7, 11) is 1.58. The molecule has 0 bridgehead atoms. The van der Waals surface area contributed by atoms with E-state index in [0.29, 0.717) is 5.57 Å². The van der Waals surface area contributed by atoms with Crippen molar-refractivity contribution in [3.63, 3.8) is 0 Å². The molecule has 0 aromatic rings. The van der Waals surface area contributed by atoms with Gasteiger partial charge in [0, 0.05) is 25.6 Å². The third-order valence-electron chi connectivity index (χ3n) is 1.78. The van der Waals surface area contributed by atoms with Crippen molar-refractivity contribution in [3.05, 3.63) is 47.5 Å². The molecule has 0 saturated carbocycles. The third kappa shape index (κ3) is 12.3. The first-order valence-corrected chi connectivity index (χ1v) is 5.62. The normalized spacial score (nSPS) is 12.5. The van der Waals surface area contributed by atoms with Gasteiger partial charge in [-0.1, -0.05) is 5.73 Å². The predicted molar refractivity (Wildman–Crippen MR) is 68.6 cm³/mol. The van der Waals surface area contributed by atoms with Gasteiger partial charge in [0.15, 0.2) is 5.76 Å². The minimum atomic E-state index is -1.08. The molecule has 1 aliphatic carbocycles. The van der Waals surface area contributed by atoms with Gasteiger partial charge in [-0.25, -0.2) is 0 Å². The van der Waals surface area contributed by atoms with E-state index in [0.717, 1.165) is 13.0 Å². The van der Waals surface area contributed by atoms with Crippen molar-refractivity contribution in [2.75, 3.05) is 13.7 Å². The standard InChI is InChI=1S/C12H13O4.C2H4O2.Hg/c1-9(14)16-12(8-13)7-10-3-5-11(15-2)6-4-10;1-2(3)4;/h3-6,13H,8H2,1-2H3;1H3,(H,3,4);/q;;+1/p-1. The Bertz CT molecular complexity index is 452. The Morgan fingerprint density at radius 2 is 1.71 bits per heavy atom. The van der Waals surface area contributed by atoms with Crippen molar-refractivity contribution < 1.29 is 56.9 Å². The molecule has 0 saturated heterocycles. The molecule has 0 aromatic heterocycles. The molecule has 2 radical (unpaired) electrons. The number of carbonyl (C=O) groups is 2. The molecule has 0 fully saturated rings. The van der Waals surface area contributed by atoms with Crippen LogP contribution in [0.5, 0.6) is 0 Å². The summed E-state index contributed by atoms with van der Waals surface area (Å²) in [5.41, 5.74) is 3.48. The second-order valence-corrected chi connectivity index (χ2v) is 3.52. The monoisotopic (exact) mass is 482 g/mol. The Morgan fingerprint density at radius 1 is 1.24 bits per heavy atom. The molecule has 0 atom stereocenters. The van der Waals surface area contributed by atoms with E-state index < -0.39 is 11.9 Å². The predicted octanol–water partition coefficient (Wildman–Crippen LogP) is 0.00909. The van der Waals surface area contributed by atoms with E-state index in [1.54, 1.807) is 31.4 Å². The molecular weight excluding hydrogens is 465 g/mol. The van der Waals surface area contributed by atoms with Gasteiger partial charge in [-0.2, -0.15) is 0 Å². The smallest absolute Gasteiger partial charge is 0.550 e. The number of rotatable bonds is 3. The number of esters is 1. The first-order chi connectivity index (χ1) is 9.38. The SMILES string of the molecule is CC(=O)[O-].CO[C]1C=CC(=C=C(CO)OC(C)=O)C=C1.[Hg+]. The maximum Gasteiger partial charge on any atom is 1.00 e. The average molecular weight is 481 g/mol. The maximum atomic E-state index is 10.7. The van der Waals surface area contributed by atoms with E-state index in [1.807, 2.05) is 0 Å². The van der Waals surface area contributed by atoms with Gasteiger partial charge in [0.05, 0.1) is 0 Å². The fourth-order valence-corrected chi connectivity index (χ4v) is 1.11. The molecule has 1 N–H and O–H groups in total. The summed E-state index contributed by atoms with van der Waals surface area (Å²) in [6.07, 6.45) is 7.73. The average Bonchev–Trinajstić information content (AvgIpc) is 2.37. The number of carboxylic acids is 1. The molecule has 1 aliphatic rings. The molecule has 0 heterocycles. The fraction of sp³-hybridized carbons (Fsp3) is 0.286. The van der Waals surface area contributed by atoms with Crippen LogP contribution in [-0.2, 0) is 46.7 Å². The number of aliphatic hydroxyl groups is 1. The minimum Gasteiger partial charge on any atom is -0.550 e. The minimum absolute atomic E-state index is 0. The number of ether oxygens (including phenoxy) is 2. The van der Waals surface area contributed by atoms with Crippen LogP contribution in [0.4, 0.5) is 0 Å². The summed E-state index contributed by atoms with van der Waals surface area (Å²) < 4.78 is 9.74. The van der Waals surface area contributed by atoms with Gasteiger partial charge in [-0.15, -0.1) is 0 Å². The van der Waals surface area contributed by atoms with Crippen molar-refractivity contribution in [2.24, 2.45) is 0 Å². The maximum absolute atomic E-state index is 10.7. The molecule has 0 unspecified atom stereocenters. The van der Waals surface area contributed by atoms with Crippen molar-refractivity contribution in [1.29, 1.82) is 0 Å². The van der Waals surface area contributed by atoms with Crippen LogP contribution in [0.25, 0.3) is 0 Å². The van der Waals surface area contributed by atoms with Gasteiger partial charge < -0.3 is 24.5 Å². The van der Waals surface area contributed by atoms with Crippen molar-refractivity contribution in [3.8, 4) is 0 Å². The molecule has 0 amide bonds. The van der Waals surface area contributed by atoms with Crippen LogP contribution in [0.1, 0.15) is 13.8 Å². The molecule has 0 aromatic carbocycles. The molecule has 1 rings (SSSR count). The Kier molecular flexibility index (Phi) is 13.2. The summed E-state index contributed by atoms with van der Waals surface area (Å²) in [4.78, 5) is 19.6. The van der Waals surface area contributed by atoms with Crippen LogP contribution in [0.3, 0.4) is 0 Å². The second-order valence-electron chi connectivity index (χ2n) is 3.52. The van der Waals surface area contributed by atoms with Crippen LogP contribution < -0.4 is 5.11 Å². The van der Waals surface area contributed by atoms with E-state index in [2.05, 4.69) is 5.73 Å². The topological polar surface area (TPSA) is 95.9 Å². The van der Waals surface area contributed by atoms with Gasteiger partial charge in [-0.05, 0) is 31.2 Å². The molecule has 0 spiro atoms. The van der Waals surface area contributed by atoms with Crippen LogP contribution in [0, 0.1) is 6.10 Å². The first-order valence-electron chi connectivity index (χ1n) is 5.62. The number of hydrogen-bond donors (Lipinski definition) is 1. The van der Waals surface area contributed by atoms with Crippen LogP contribution in [0.15, 0.2) is 41.4 Å². The number of aliphatic carboxylic acids is 1. The van der Waals surface area contributed by atoms with Crippen LogP contribution in [0.2, 0.25) is 0 Å². The van der Waals surface area contributed by atoms with Gasteiger partial charge in [0.1, 0.15) is 12.7 Å². The van der Waals surface area contributed by atoms with Gasteiger partial charge >= 0.3 is 33.6 Å². The number of carboxylic acid groups (broad SMARTS) is 1. The van der Waals surface area contributed by atoms with E-state index in [-0.39, 0.29) is 40.0 Å². The van der Waals surface area contributed by atoms with Crippen molar-refractivity contribution in [2.45, 2.75) is 13.8 Å². The second kappa shape index (κ2) is 12.5. The Hall–Kier alpha value is -1.20. The summed E-state index contributed by atoms with van der Waals surface area (Å²) in [5, 5.41) is 17.8. The summed E-state index contributed by atoms with van der Waals surface area (Å²) >= 11 is 0. The first kappa shape index (κ1) is 22.1. The Labute approximate surface area is 143 Å². The quantitative estimate of drug-likeness (QED) is 0.265. The number of methoxy groups -OCH3 is 1. The van der Waals surface area contributed by atoms with Crippen LogP contribution >= 0.6 is 0 Å². The Balaban J connectivity index is 0. The fourth-order valence-electron chi connectivity index (χ4n) is 1.11. The molecular formula is C14H16HgO6. The number of carbonyl (C=O) groups excluding carboxylic acids is 2. The summed E-state index contributed by atoms with van der Waals surface area (Å²) in [5.74, 6) is -1.47. The molecule has 110 valence electrons. The zero-order chi connectivity index (χ0) is 15.5. The third-order valence-corrected chi connectivity index (χ3v) is 1.78. The zero-order valence-corrected chi connectivity index (χ0v) is 17.7. The van der Waals surface area contributed by atoms with Gasteiger partial charge in [0.25, 0.3) is 0 Å². The van der Waals surface area contributed by atoms with E-state index in [1.165, 1.54) is 6.92 Å². The van der Waals surface area contributed by atoms with Gasteiger partial charge in [0.2, 0.25) is 0 Å². The van der Waals surface area contributed by atoms with Gasteiger partial charge in [-0.3, -0.25) is 4.79 Å². The van der Waals surface area contributed by atoms with Crippen molar-refractivity contribution >= 4 is 11.9 Å². The molecule has 0 aliphatic heterocycles. The molecule has 21 heavy (non-hydrogen) atoms. The van der Waals surface area contributed by atoms with E-state index in [4.69, 9.17) is 24.5 Å². The van der Waals surface area contributed by atoms with Crippen molar-refractivity contribution in [1.82, 2.24) is 0 Å². The van der Waals surface area contributed by atoms with E-state index >= 15 is 0 Å². The molecule has 7 heteroatoms. The number of hydrogen-bond acceptors (Lipinski definition) is 6. The summed E-state index contributed by atoms with van der Waals surface area (Å²) in [6, 6.07) is 0. The largest absolute Gasteiger partial charge is 1.00 e. The van der Waals surface area contributed by atoms with Crippen LogP contribution in [-0.4, -0.2) is 30.8 Å². The van der Waals surface area contributed by atoms with E-state index in [9.17, 15) is 4.79 Å². The molecule has 6 nitrogen and oxygen atoms in total. The zero-order valence-electron chi connectivity index (χ0n) is 12.2. The number of allylic oxidation sites excluding steroid dienone is 2.